The molecule has 5 heteroatoms. The first-order valence-corrected chi connectivity index (χ1v) is 7.54. The predicted molar refractivity (Wildman–Crippen MR) is 62.9 cm³/mol. The van der Waals surface area contributed by atoms with Crippen molar-refractivity contribution in [3.8, 4) is 0 Å². The molecule has 1 atom stereocenters. The molecule has 0 aliphatic heterocycles. The first-order valence-electron chi connectivity index (χ1n) is 5.48. The molecule has 0 radical (unpaired) electrons. The number of hydrogen-bond donors (Lipinski definition) is 1. The van der Waals surface area contributed by atoms with Crippen LogP contribution in [0.3, 0.4) is 0 Å². The van der Waals surface area contributed by atoms with Crippen molar-refractivity contribution >= 4 is 9.84 Å². The fraction of sp³-hybridized carbons (Fsp3) is 1.00. The molecule has 92 valence electrons. The molecule has 4 nitrogen and oxygen atoms in total. The molecule has 1 N–H and O–H groups in total. The van der Waals surface area contributed by atoms with Crippen molar-refractivity contribution in [2.75, 3.05) is 31.8 Å². The van der Waals surface area contributed by atoms with Crippen LogP contribution in [0.25, 0.3) is 0 Å². The molecule has 0 aliphatic carbocycles. The summed E-state index contributed by atoms with van der Waals surface area (Å²) in [5.74, 6) is 0.195. The van der Waals surface area contributed by atoms with E-state index in [4.69, 9.17) is 4.74 Å². The second kappa shape index (κ2) is 8.07. The topological polar surface area (TPSA) is 55.4 Å². The van der Waals surface area contributed by atoms with Gasteiger partial charge in [-0.05, 0) is 26.3 Å². The molecule has 0 aromatic rings. The molecule has 0 rings (SSSR count). The van der Waals surface area contributed by atoms with Gasteiger partial charge in [0.1, 0.15) is 9.84 Å². The van der Waals surface area contributed by atoms with Gasteiger partial charge in [-0.2, -0.15) is 0 Å². The minimum atomic E-state index is -2.91. The Kier molecular flexibility index (Phi) is 8.00. The molecule has 0 amide bonds. The Labute approximate surface area is 93.3 Å². The molecular weight excluding hydrogens is 214 g/mol. The van der Waals surface area contributed by atoms with Crippen molar-refractivity contribution in [1.82, 2.24) is 5.32 Å². The number of rotatable bonds is 9. The van der Waals surface area contributed by atoms with Crippen LogP contribution < -0.4 is 5.32 Å². The molecule has 0 aromatic carbocycles. The zero-order valence-electron chi connectivity index (χ0n) is 9.95. The van der Waals surface area contributed by atoms with E-state index in [1.807, 2.05) is 6.92 Å². The molecule has 0 spiro atoms. The van der Waals surface area contributed by atoms with Gasteiger partial charge < -0.3 is 10.1 Å². The maximum atomic E-state index is 11.2. The van der Waals surface area contributed by atoms with Gasteiger partial charge in [0.15, 0.2) is 0 Å². The zero-order valence-corrected chi connectivity index (χ0v) is 10.8. The normalized spacial score (nSPS) is 14.1. The number of ether oxygens (including phenoxy) is 1. The highest BCUT2D eigenvalue weighted by molar-refractivity contribution is 7.90. The predicted octanol–water partition coefficient (Wildman–Crippen LogP) is 0.826. The highest BCUT2D eigenvalue weighted by Crippen LogP contribution is 1.98. The molecule has 0 heterocycles. The molecule has 0 saturated heterocycles. The summed E-state index contributed by atoms with van der Waals surface area (Å²) in [6.45, 7) is 6.15. The van der Waals surface area contributed by atoms with Crippen LogP contribution in [0.4, 0.5) is 0 Å². The van der Waals surface area contributed by atoms with Gasteiger partial charge in [0.25, 0.3) is 0 Å². The van der Waals surface area contributed by atoms with Crippen LogP contribution in [0.15, 0.2) is 0 Å². The van der Waals surface area contributed by atoms with E-state index in [1.165, 1.54) is 6.26 Å². The van der Waals surface area contributed by atoms with E-state index in [0.29, 0.717) is 13.2 Å². The first kappa shape index (κ1) is 14.9. The smallest absolute Gasteiger partial charge is 0.148 e. The monoisotopic (exact) mass is 237 g/mol. The van der Waals surface area contributed by atoms with Crippen molar-refractivity contribution in [2.45, 2.75) is 32.7 Å². The number of hydrogen-bond acceptors (Lipinski definition) is 4. The van der Waals surface area contributed by atoms with Crippen molar-refractivity contribution < 1.29 is 13.2 Å². The Morgan fingerprint density at radius 3 is 2.47 bits per heavy atom. The fourth-order valence-electron chi connectivity index (χ4n) is 1.33. The zero-order chi connectivity index (χ0) is 11.7. The lowest BCUT2D eigenvalue weighted by Crippen LogP contribution is -2.36. The van der Waals surface area contributed by atoms with E-state index >= 15 is 0 Å². The summed E-state index contributed by atoms with van der Waals surface area (Å²) in [4.78, 5) is 0. The highest BCUT2D eigenvalue weighted by atomic mass is 32.2. The summed E-state index contributed by atoms with van der Waals surface area (Å²) < 4.78 is 27.5. The average Bonchev–Trinajstić information content (AvgIpc) is 2.12. The van der Waals surface area contributed by atoms with Crippen LogP contribution in [0.5, 0.6) is 0 Å². The van der Waals surface area contributed by atoms with Gasteiger partial charge in [0.05, 0.1) is 5.75 Å². The van der Waals surface area contributed by atoms with Crippen molar-refractivity contribution in [3.05, 3.63) is 0 Å². The third-order valence-electron chi connectivity index (χ3n) is 2.00. The summed E-state index contributed by atoms with van der Waals surface area (Å²) in [7, 11) is -2.91. The van der Waals surface area contributed by atoms with Gasteiger partial charge >= 0.3 is 0 Å². The lowest BCUT2D eigenvalue weighted by atomic mass is 10.2. The largest absolute Gasteiger partial charge is 0.382 e. The standard InChI is InChI=1S/C10H23NO3S/c1-4-7-11-10(6-8-14-5-2)9-15(3,12)13/h10-11H,4-9H2,1-3H3. The van der Waals surface area contributed by atoms with Crippen LogP contribution in [-0.4, -0.2) is 46.2 Å². The molecule has 15 heavy (non-hydrogen) atoms. The third-order valence-corrected chi connectivity index (χ3v) is 3.01. The molecule has 1 unspecified atom stereocenters. The van der Waals surface area contributed by atoms with Gasteiger partial charge in [0.2, 0.25) is 0 Å². The molecular formula is C10H23NO3S. The van der Waals surface area contributed by atoms with Crippen molar-refractivity contribution in [2.24, 2.45) is 0 Å². The van der Waals surface area contributed by atoms with E-state index < -0.39 is 9.84 Å². The lowest BCUT2D eigenvalue weighted by Gasteiger charge is -2.17. The average molecular weight is 237 g/mol. The maximum absolute atomic E-state index is 11.2. The van der Waals surface area contributed by atoms with Crippen LogP contribution >= 0.6 is 0 Å². The molecule has 0 aliphatic rings. The Morgan fingerprint density at radius 2 is 2.00 bits per heavy atom. The highest BCUT2D eigenvalue weighted by Gasteiger charge is 2.14. The quantitative estimate of drug-likeness (QED) is 0.603. The minimum absolute atomic E-state index is 0.0199. The number of sulfone groups is 1. The Bertz CT molecular complexity index is 239. The van der Waals surface area contributed by atoms with E-state index in [-0.39, 0.29) is 11.8 Å². The van der Waals surface area contributed by atoms with Crippen LogP contribution in [0.1, 0.15) is 26.7 Å². The van der Waals surface area contributed by atoms with Gasteiger partial charge in [-0.3, -0.25) is 0 Å². The van der Waals surface area contributed by atoms with Crippen molar-refractivity contribution in [3.63, 3.8) is 0 Å². The summed E-state index contributed by atoms with van der Waals surface area (Å²) in [6.07, 6.45) is 3.03. The summed E-state index contributed by atoms with van der Waals surface area (Å²) in [5.41, 5.74) is 0. The van der Waals surface area contributed by atoms with E-state index in [0.717, 1.165) is 19.4 Å². The van der Waals surface area contributed by atoms with E-state index in [2.05, 4.69) is 12.2 Å². The van der Waals surface area contributed by atoms with Crippen molar-refractivity contribution in [1.29, 1.82) is 0 Å². The molecule has 0 fully saturated rings. The SMILES string of the molecule is CCCNC(CCOCC)CS(C)(=O)=O. The second-order valence-electron chi connectivity index (χ2n) is 3.73. The summed E-state index contributed by atoms with van der Waals surface area (Å²) in [5, 5.41) is 3.23. The third kappa shape index (κ3) is 10.2. The molecule has 0 saturated carbocycles. The van der Waals surface area contributed by atoms with Gasteiger partial charge in [0, 0.05) is 25.5 Å². The van der Waals surface area contributed by atoms with E-state index in [1.54, 1.807) is 0 Å². The van der Waals surface area contributed by atoms with Crippen LogP contribution in [-0.2, 0) is 14.6 Å². The summed E-state index contributed by atoms with van der Waals surface area (Å²) in [6, 6.07) is 0.0199. The van der Waals surface area contributed by atoms with Gasteiger partial charge in [-0.15, -0.1) is 0 Å². The van der Waals surface area contributed by atoms with Gasteiger partial charge in [-0.1, -0.05) is 6.92 Å². The Balaban J connectivity index is 3.95. The minimum Gasteiger partial charge on any atom is -0.382 e. The molecule has 0 bridgehead atoms. The van der Waals surface area contributed by atoms with Gasteiger partial charge in [-0.25, -0.2) is 8.42 Å². The number of nitrogens with one attached hydrogen (secondary N) is 1. The first-order chi connectivity index (χ1) is 6.99. The van der Waals surface area contributed by atoms with Crippen LogP contribution in [0, 0.1) is 0 Å². The Hall–Kier alpha value is -0.130. The maximum Gasteiger partial charge on any atom is 0.148 e. The fourth-order valence-corrected chi connectivity index (χ4v) is 2.34. The lowest BCUT2D eigenvalue weighted by molar-refractivity contribution is 0.138. The molecule has 0 aromatic heterocycles. The van der Waals surface area contributed by atoms with E-state index in [9.17, 15) is 8.42 Å². The summed E-state index contributed by atoms with van der Waals surface area (Å²) >= 11 is 0. The second-order valence-corrected chi connectivity index (χ2v) is 5.91. The van der Waals surface area contributed by atoms with Crippen LogP contribution in [0.2, 0.25) is 0 Å². The Morgan fingerprint density at radius 1 is 1.33 bits per heavy atom.